The minimum Gasteiger partial charge on any atom is -0.368 e. The number of aromatic amines is 1. The van der Waals surface area contributed by atoms with E-state index in [0.717, 1.165) is 10.6 Å². The van der Waals surface area contributed by atoms with E-state index in [0.29, 0.717) is 0 Å². The maximum Gasteiger partial charge on any atom is 0.281 e. The Morgan fingerprint density at radius 2 is 2.03 bits per heavy atom. The summed E-state index contributed by atoms with van der Waals surface area (Å²) in [6.45, 7) is 1.53. The van der Waals surface area contributed by atoms with Gasteiger partial charge in [-0.05, 0) is 19.1 Å². The summed E-state index contributed by atoms with van der Waals surface area (Å²) in [5.74, 6) is -1.30. The molecule has 10 nitrogen and oxygen atoms in total. The van der Waals surface area contributed by atoms with Crippen molar-refractivity contribution in [2.45, 2.75) is 19.4 Å². The van der Waals surface area contributed by atoms with Gasteiger partial charge in [0, 0.05) is 12.3 Å². The minimum absolute atomic E-state index is 0.000583. The second kappa shape index (κ2) is 7.99. The number of nitrogens with one attached hydrogen (secondary N) is 2. The van der Waals surface area contributed by atoms with E-state index in [2.05, 4.69) is 30.5 Å². The Labute approximate surface area is 177 Å². The standard InChI is InChI=1S/C19H14F3N9O/c1-8(26-16-10(7-23)14(15(21)22)28-19(24)29-16)17-27-13-9(3-2-4-11(13)20)18(32)31(17)12-5-6-25-30-12/h2-6,8,15H,1H3,(H,25,30)(H3,24,26,28,29)/t8-/m0/s1. The van der Waals surface area contributed by atoms with Gasteiger partial charge in [-0.3, -0.25) is 9.89 Å². The molecule has 0 bridgehead atoms. The molecule has 0 unspecified atom stereocenters. The molecular formula is C19H14F3N9O. The molecule has 0 amide bonds. The molecule has 3 aromatic heterocycles. The maximum absolute atomic E-state index is 14.4. The Hall–Kier alpha value is -4.47. The van der Waals surface area contributed by atoms with Crippen LogP contribution in [0.25, 0.3) is 16.7 Å². The Kier molecular flexibility index (Phi) is 5.19. The Morgan fingerprint density at radius 3 is 2.69 bits per heavy atom. The Balaban J connectivity index is 1.91. The normalized spacial score (nSPS) is 12.1. The van der Waals surface area contributed by atoms with E-state index < -0.39 is 41.0 Å². The number of alkyl halides is 2. The van der Waals surface area contributed by atoms with Gasteiger partial charge < -0.3 is 11.1 Å². The minimum atomic E-state index is -3.07. The molecule has 0 fully saturated rings. The number of hydrogen-bond acceptors (Lipinski definition) is 8. The highest BCUT2D eigenvalue weighted by molar-refractivity contribution is 5.78. The average Bonchev–Trinajstić information content (AvgIpc) is 3.28. The first-order chi connectivity index (χ1) is 15.3. The quantitative estimate of drug-likeness (QED) is 0.427. The summed E-state index contributed by atoms with van der Waals surface area (Å²) in [4.78, 5) is 24.7. The molecule has 0 saturated carbocycles. The number of hydrogen-bond donors (Lipinski definition) is 3. The molecule has 1 aromatic carbocycles. The number of para-hydroxylation sites is 1. The van der Waals surface area contributed by atoms with E-state index in [-0.39, 0.29) is 28.4 Å². The number of aromatic nitrogens is 6. The predicted molar refractivity (Wildman–Crippen MR) is 108 cm³/mol. The summed E-state index contributed by atoms with van der Waals surface area (Å²) in [5, 5.41) is 18.7. The smallest absolute Gasteiger partial charge is 0.281 e. The van der Waals surface area contributed by atoms with E-state index in [4.69, 9.17) is 5.73 Å². The van der Waals surface area contributed by atoms with Gasteiger partial charge in [0.25, 0.3) is 12.0 Å². The molecule has 32 heavy (non-hydrogen) atoms. The number of anilines is 2. The van der Waals surface area contributed by atoms with E-state index in [1.807, 2.05) is 0 Å². The van der Waals surface area contributed by atoms with Crippen LogP contribution in [0.3, 0.4) is 0 Å². The molecule has 0 aliphatic carbocycles. The number of halogens is 3. The molecule has 4 N–H and O–H groups in total. The van der Waals surface area contributed by atoms with Crippen LogP contribution in [-0.2, 0) is 0 Å². The van der Waals surface area contributed by atoms with E-state index in [1.54, 1.807) is 6.07 Å². The highest BCUT2D eigenvalue weighted by Crippen LogP contribution is 2.28. The highest BCUT2D eigenvalue weighted by atomic mass is 19.3. The summed E-state index contributed by atoms with van der Waals surface area (Å²) in [6, 6.07) is 6.17. The van der Waals surface area contributed by atoms with Gasteiger partial charge in [-0.25, -0.2) is 27.7 Å². The van der Waals surface area contributed by atoms with Crippen LogP contribution < -0.4 is 16.6 Å². The lowest BCUT2D eigenvalue weighted by Gasteiger charge is -2.20. The lowest BCUT2D eigenvalue weighted by molar-refractivity contribution is 0.146. The summed E-state index contributed by atoms with van der Waals surface area (Å²) >= 11 is 0. The van der Waals surface area contributed by atoms with Crippen molar-refractivity contribution in [3.8, 4) is 11.9 Å². The van der Waals surface area contributed by atoms with E-state index in [1.165, 1.54) is 31.3 Å². The van der Waals surface area contributed by atoms with Crippen LogP contribution in [-0.4, -0.2) is 29.7 Å². The van der Waals surface area contributed by atoms with Crippen LogP contribution in [0.4, 0.5) is 24.9 Å². The number of nitrogen functional groups attached to an aromatic ring is 1. The third kappa shape index (κ3) is 3.47. The number of nitriles is 1. The van der Waals surface area contributed by atoms with Crippen molar-refractivity contribution in [3.05, 3.63) is 63.7 Å². The van der Waals surface area contributed by atoms with Crippen molar-refractivity contribution in [1.82, 2.24) is 29.7 Å². The number of benzene rings is 1. The Bertz CT molecular complexity index is 1410. The average molecular weight is 441 g/mol. The fraction of sp³-hybridized carbons (Fsp3) is 0.158. The fourth-order valence-corrected chi connectivity index (χ4v) is 3.22. The van der Waals surface area contributed by atoms with Crippen molar-refractivity contribution >= 4 is 22.7 Å². The third-order valence-electron chi connectivity index (χ3n) is 4.60. The lowest BCUT2D eigenvalue weighted by atomic mass is 10.2. The van der Waals surface area contributed by atoms with Crippen molar-refractivity contribution in [2.24, 2.45) is 0 Å². The monoisotopic (exact) mass is 441 g/mol. The topological polar surface area (TPSA) is 151 Å². The molecule has 0 aliphatic heterocycles. The van der Waals surface area contributed by atoms with Crippen LogP contribution >= 0.6 is 0 Å². The fourth-order valence-electron chi connectivity index (χ4n) is 3.22. The third-order valence-corrected chi connectivity index (χ3v) is 4.60. The first-order valence-corrected chi connectivity index (χ1v) is 9.15. The number of fused-ring (bicyclic) bond motifs is 1. The summed E-state index contributed by atoms with van der Waals surface area (Å²) in [7, 11) is 0. The van der Waals surface area contributed by atoms with Crippen LogP contribution in [0.2, 0.25) is 0 Å². The molecule has 4 aromatic rings. The highest BCUT2D eigenvalue weighted by Gasteiger charge is 2.25. The van der Waals surface area contributed by atoms with Crippen molar-refractivity contribution in [3.63, 3.8) is 0 Å². The summed E-state index contributed by atoms with van der Waals surface area (Å²) in [5.41, 5.74) is 3.40. The number of H-pyrrole nitrogens is 1. The molecular weight excluding hydrogens is 427 g/mol. The van der Waals surface area contributed by atoms with Crippen LogP contribution in [0.15, 0.2) is 35.3 Å². The molecule has 0 aliphatic rings. The maximum atomic E-state index is 14.4. The summed E-state index contributed by atoms with van der Waals surface area (Å²) in [6.07, 6.45) is -1.59. The molecule has 0 spiro atoms. The van der Waals surface area contributed by atoms with Crippen LogP contribution in [0.5, 0.6) is 0 Å². The van der Waals surface area contributed by atoms with Gasteiger partial charge in [0.05, 0.1) is 11.4 Å². The zero-order valence-electron chi connectivity index (χ0n) is 16.3. The summed E-state index contributed by atoms with van der Waals surface area (Å²) < 4.78 is 42.2. The molecule has 162 valence electrons. The van der Waals surface area contributed by atoms with E-state index >= 15 is 0 Å². The number of rotatable bonds is 5. The SMILES string of the molecule is C[C@H](Nc1nc(N)nc(C(F)F)c1C#N)c1nc2c(F)cccc2c(=O)n1-c1cc[nH]n1. The van der Waals surface area contributed by atoms with Crippen LogP contribution in [0, 0.1) is 17.1 Å². The van der Waals surface area contributed by atoms with Crippen LogP contribution in [0.1, 0.15) is 36.5 Å². The second-order valence-corrected chi connectivity index (χ2v) is 6.65. The molecule has 0 saturated heterocycles. The molecule has 4 rings (SSSR count). The predicted octanol–water partition coefficient (Wildman–Crippen LogP) is 2.60. The second-order valence-electron chi connectivity index (χ2n) is 6.65. The zero-order valence-corrected chi connectivity index (χ0v) is 16.3. The van der Waals surface area contributed by atoms with Gasteiger partial charge in [-0.1, -0.05) is 6.07 Å². The Morgan fingerprint density at radius 1 is 1.25 bits per heavy atom. The molecule has 3 heterocycles. The first kappa shape index (κ1) is 20.8. The van der Waals surface area contributed by atoms with Gasteiger partial charge in [0.15, 0.2) is 11.6 Å². The van der Waals surface area contributed by atoms with Gasteiger partial charge in [0.2, 0.25) is 5.95 Å². The number of nitrogens with two attached hydrogens (primary N) is 1. The van der Waals surface area contributed by atoms with Gasteiger partial charge >= 0.3 is 0 Å². The van der Waals surface area contributed by atoms with Crippen molar-refractivity contribution < 1.29 is 13.2 Å². The zero-order chi connectivity index (χ0) is 23.0. The van der Waals surface area contributed by atoms with Gasteiger partial charge in [-0.15, -0.1) is 0 Å². The van der Waals surface area contributed by atoms with Gasteiger partial charge in [0.1, 0.15) is 34.5 Å². The largest absolute Gasteiger partial charge is 0.368 e. The molecule has 0 radical (unpaired) electrons. The molecule has 1 atom stereocenters. The molecule has 13 heteroatoms. The van der Waals surface area contributed by atoms with Gasteiger partial charge in [-0.2, -0.15) is 15.3 Å². The first-order valence-electron chi connectivity index (χ1n) is 9.15. The lowest BCUT2D eigenvalue weighted by Crippen LogP contribution is -2.28. The van der Waals surface area contributed by atoms with Crippen molar-refractivity contribution in [1.29, 1.82) is 5.26 Å². The van der Waals surface area contributed by atoms with Crippen molar-refractivity contribution in [2.75, 3.05) is 11.1 Å². The van der Waals surface area contributed by atoms with E-state index in [9.17, 15) is 23.2 Å². The number of nitrogens with zero attached hydrogens (tertiary/aromatic N) is 6.